The highest BCUT2D eigenvalue weighted by Crippen LogP contribution is 2.34. The molecule has 3 rings (SSSR count). The Morgan fingerprint density at radius 1 is 1.32 bits per heavy atom. The predicted molar refractivity (Wildman–Crippen MR) is 81.0 cm³/mol. The van der Waals surface area contributed by atoms with E-state index in [0.717, 1.165) is 4.47 Å². The third-order valence-electron chi connectivity index (χ3n) is 3.80. The number of halogens is 1. The number of nitrogens with zero attached hydrogens (tertiary/aromatic N) is 1. The molecule has 2 N–H and O–H groups in total. The number of carboxylic acid groups (broad SMARTS) is 1. The second kappa shape index (κ2) is 5.57. The molecular formula is C15H13BrN2O4. The van der Waals surface area contributed by atoms with E-state index in [0.29, 0.717) is 24.5 Å². The Morgan fingerprint density at radius 2 is 2.00 bits per heavy atom. The van der Waals surface area contributed by atoms with E-state index in [4.69, 9.17) is 5.11 Å². The van der Waals surface area contributed by atoms with Crippen molar-refractivity contribution in [2.24, 2.45) is 5.92 Å². The molecule has 0 spiro atoms. The van der Waals surface area contributed by atoms with Gasteiger partial charge in [0.15, 0.2) is 5.78 Å². The van der Waals surface area contributed by atoms with Gasteiger partial charge in [-0.05, 0) is 24.3 Å². The quantitative estimate of drug-likeness (QED) is 0.788. The Morgan fingerprint density at radius 3 is 2.64 bits per heavy atom. The molecule has 2 aliphatic heterocycles. The molecular weight excluding hydrogens is 352 g/mol. The predicted octanol–water partition coefficient (Wildman–Crippen LogP) is 1.38. The van der Waals surface area contributed by atoms with E-state index in [9.17, 15) is 14.4 Å². The molecule has 1 saturated heterocycles. The number of carbonyl (C=O) groups is 3. The Bertz CT molecular complexity index is 696. The lowest BCUT2D eigenvalue weighted by molar-refractivity contribution is -0.141. The zero-order valence-electron chi connectivity index (χ0n) is 11.5. The van der Waals surface area contributed by atoms with Crippen LogP contribution in [0.5, 0.6) is 0 Å². The molecule has 114 valence electrons. The number of carbonyl (C=O) groups excluding carboxylic acids is 2. The maximum absolute atomic E-state index is 12.8. The molecule has 1 aromatic carbocycles. The van der Waals surface area contributed by atoms with Crippen LogP contribution in [0.1, 0.15) is 16.8 Å². The average molecular weight is 365 g/mol. The van der Waals surface area contributed by atoms with Gasteiger partial charge >= 0.3 is 5.97 Å². The van der Waals surface area contributed by atoms with Gasteiger partial charge in [0.2, 0.25) is 5.91 Å². The molecule has 1 aromatic rings. The van der Waals surface area contributed by atoms with E-state index in [2.05, 4.69) is 21.2 Å². The van der Waals surface area contributed by atoms with Crippen LogP contribution in [0.4, 0.5) is 0 Å². The number of ketones is 1. The molecule has 7 heteroatoms. The van der Waals surface area contributed by atoms with Gasteiger partial charge in [-0.2, -0.15) is 0 Å². The van der Waals surface area contributed by atoms with Gasteiger partial charge in [-0.15, -0.1) is 0 Å². The fraction of sp³-hybridized carbons (Fsp3) is 0.267. The van der Waals surface area contributed by atoms with E-state index in [1.54, 1.807) is 24.3 Å². The molecule has 6 nitrogen and oxygen atoms in total. The summed E-state index contributed by atoms with van der Waals surface area (Å²) in [7, 11) is 0. The van der Waals surface area contributed by atoms with Crippen LogP contribution in [0.25, 0.3) is 0 Å². The average Bonchev–Trinajstić information content (AvgIpc) is 3.03. The molecule has 1 fully saturated rings. The van der Waals surface area contributed by atoms with Crippen LogP contribution < -0.4 is 5.32 Å². The third-order valence-corrected chi connectivity index (χ3v) is 4.32. The van der Waals surface area contributed by atoms with E-state index in [1.807, 2.05) is 0 Å². The molecule has 0 radical (unpaired) electrons. The molecule has 0 aliphatic carbocycles. The van der Waals surface area contributed by atoms with Crippen LogP contribution >= 0.6 is 15.9 Å². The highest BCUT2D eigenvalue weighted by molar-refractivity contribution is 9.10. The van der Waals surface area contributed by atoms with Crippen molar-refractivity contribution in [3.63, 3.8) is 0 Å². The minimum atomic E-state index is -1.10. The standard InChI is InChI=1S/C15H13BrN2O4/c16-9-3-1-8(2-4-9)13(21)12-10(7-11(19)20)15(22)18-6-5-17-14(12)18/h1-4,10,17H,5-7H2,(H,19,20)/t10-/m1/s1. The summed E-state index contributed by atoms with van der Waals surface area (Å²) in [5.41, 5.74) is 0.691. The zero-order valence-corrected chi connectivity index (χ0v) is 13.1. The van der Waals surface area contributed by atoms with Crippen molar-refractivity contribution in [2.75, 3.05) is 13.1 Å². The molecule has 1 atom stereocenters. The van der Waals surface area contributed by atoms with Crippen molar-refractivity contribution in [2.45, 2.75) is 6.42 Å². The van der Waals surface area contributed by atoms with E-state index < -0.39 is 11.9 Å². The maximum atomic E-state index is 12.8. The second-order valence-electron chi connectivity index (χ2n) is 5.17. The van der Waals surface area contributed by atoms with Crippen molar-refractivity contribution >= 4 is 33.6 Å². The van der Waals surface area contributed by atoms with E-state index in [-0.39, 0.29) is 23.7 Å². The van der Waals surface area contributed by atoms with Crippen molar-refractivity contribution in [3.8, 4) is 0 Å². The molecule has 0 unspecified atom stereocenters. The van der Waals surface area contributed by atoms with Crippen LogP contribution in [-0.4, -0.2) is 40.8 Å². The first-order chi connectivity index (χ1) is 10.5. The van der Waals surface area contributed by atoms with Crippen LogP contribution in [0.2, 0.25) is 0 Å². The van der Waals surface area contributed by atoms with Gasteiger partial charge in [0.05, 0.1) is 17.9 Å². The highest BCUT2D eigenvalue weighted by atomic mass is 79.9. The lowest BCUT2D eigenvalue weighted by Crippen LogP contribution is -2.29. The summed E-state index contributed by atoms with van der Waals surface area (Å²) in [4.78, 5) is 37.6. The Kier molecular flexibility index (Phi) is 3.74. The number of benzene rings is 1. The van der Waals surface area contributed by atoms with E-state index in [1.165, 1.54) is 4.90 Å². The molecule has 0 saturated carbocycles. The SMILES string of the molecule is O=C(O)C[C@H]1C(=O)N2CCNC2=C1C(=O)c1ccc(Br)cc1. The van der Waals surface area contributed by atoms with Crippen molar-refractivity contribution in [1.29, 1.82) is 0 Å². The number of aliphatic carboxylic acids is 1. The van der Waals surface area contributed by atoms with Gasteiger partial charge in [-0.1, -0.05) is 15.9 Å². The number of fused-ring (bicyclic) bond motifs is 1. The number of carboxylic acids is 1. The van der Waals surface area contributed by atoms with Gasteiger partial charge in [0.25, 0.3) is 0 Å². The number of amides is 1. The molecule has 2 heterocycles. The van der Waals surface area contributed by atoms with Crippen LogP contribution in [0, 0.1) is 5.92 Å². The van der Waals surface area contributed by atoms with Crippen LogP contribution in [0.3, 0.4) is 0 Å². The molecule has 1 amide bonds. The van der Waals surface area contributed by atoms with Gasteiger partial charge in [0.1, 0.15) is 5.82 Å². The van der Waals surface area contributed by atoms with Crippen LogP contribution in [-0.2, 0) is 9.59 Å². The lowest BCUT2D eigenvalue weighted by atomic mass is 9.91. The Balaban J connectivity index is 2.02. The summed E-state index contributed by atoms with van der Waals surface area (Å²) in [6.45, 7) is 1.03. The first kappa shape index (κ1) is 14.8. The van der Waals surface area contributed by atoms with Gasteiger partial charge in [-0.25, -0.2) is 0 Å². The van der Waals surface area contributed by atoms with Crippen molar-refractivity contribution in [1.82, 2.24) is 10.2 Å². The summed E-state index contributed by atoms with van der Waals surface area (Å²) >= 11 is 3.30. The van der Waals surface area contributed by atoms with E-state index >= 15 is 0 Å². The highest BCUT2D eigenvalue weighted by Gasteiger charge is 2.45. The molecule has 0 bridgehead atoms. The third kappa shape index (κ3) is 2.41. The van der Waals surface area contributed by atoms with Gasteiger partial charge < -0.3 is 10.4 Å². The first-order valence-electron chi connectivity index (χ1n) is 6.80. The van der Waals surface area contributed by atoms with Crippen molar-refractivity contribution < 1.29 is 19.5 Å². The fourth-order valence-corrected chi connectivity index (χ4v) is 3.08. The summed E-state index contributed by atoms with van der Waals surface area (Å²) < 4.78 is 0.840. The number of hydrogen-bond donors (Lipinski definition) is 2. The molecule has 2 aliphatic rings. The molecule has 0 aromatic heterocycles. The minimum absolute atomic E-state index is 0.257. The summed E-state index contributed by atoms with van der Waals surface area (Å²) in [5, 5.41) is 12.1. The Labute approximate surface area is 134 Å². The first-order valence-corrected chi connectivity index (χ1v) is 7.60. The minimum Gasteiger partial charge on any atom is -0.481 e. The smallest absolute Gasteiger partial charge is 0.304 e. The van der Waals surface area contributed by atoms with Crippen molar-refractivity contribution in [3.05, 3.63) is 45.7 Å². The maximum Gasteiger partial charge on any atom is 0.304 e. The fourth-order valence-electron chi connectivity index (χ4n) is 2.82. The topological polar surface area (TPSA) is 86.7 Å². The second-order valence-corrected chi connectivity index (χ2v) is 6.08. The summed E-state index contributed by atoms with van der Waals surface area (Å²) in [6.07, 6.45) is -0.377. The Hall–Kier alpha value is -2.15. The normalized spacial score (nSPS) is 20.1. The van der Waals surface area contributed by atoms with Gasteiger partial charge in [-0.3, -0.25) is 19.3 Å². The number of hydrogen-bond acceptors (Lipinski definition) is 4. The lowest BCUT2D eigenvalue weighted by Gasteiger charge is -2.12. The number of nitrogens with one attached hydrogen (secondary N) is 1. The summed E-state index contributed by atoms with van der Waals surface area (Å²) in [6, 6.07) is 6.78. The largest absolute Gasteiger partial charge is 0.481 e. The number of Topliss-reactive ketones (excluding diaryl/α,β-unsaturated/α-hetero) is 1. The molecule has 22 heavy (non-hydrogen) atoms. The zero-order chi connectivity index (χ0) is 15.9. The summed E-state index contributed by atoms with van der Waals surface area (Å²) in [5.74, 6) is -2.18. The monoisotopic (exact) mass is 364 g/mol. The van der Waals surface area contributed by atoms with Gasteiger partial charge in [0, 0.05) is 23.1 Å². The van der Waals surface area contributed by atoms with Crippen LogP contribution in [0.15, 0.2) is 40.1 Å². The number of rotatable bonds is 4.